The van der Waals surface area contributed by atoms with Crippen LogP contribution in [0, 0.1) is 0 Å². The highest BCUT2D eigenvalue weighted by Gasteiger charge is 2.24. The molecule has 0 amide bonds. The molecule has 0 saturated carbocycles. The number of allylic oxidation sites excluding steroid dienone is 2. The summed E-state index contributed by atoms with van der Waals surface area (Å²) in [5, 5.41) is 2.12. The third-order valence-corrected chi connectivity index (χ3v) is 4.13. The van der Waals surface area contributed by atoms with Crippen LogP contribution in [0.3, 0.4) is 0 Å². The maximum atomic E-state index is 12.1. The van der Waals surface area contributed by atoms with Crippen LogP contribution in [0.2, 0.25) is 0 Å². The number of rotatable bonds is 4. The SMILES string of the molecule is COc1cccc([C@H]2CC(=O)C=C(NN3CCOCC3)C2)c1. The van der Waals surface area contributed by atoms with Crippen molar-refractivity contribution in [1.29, 1.82) is 0 Å². The molecular formula is C17H22N2O3. The van der Waals surface area contributed by atoms with E-state index in [4.69, 9.17) is 9.47 Å². The van der Waals surface area contributed by atoms with Crippen molar-refractivity contribution in [3.63, 3.8) is 0 Å². The van der Waals surface area contributed by atoms with Crippen molar-refractivity contribution in [1.82, 2.24) is 10.4 Å². The molecule has 0 radical (unpaired) electrons. The Kier molecular flexibility index (Phi) is 4.75. The van der Waals surface area contributed by atoms with Crippen LogP contribution >= 0.6 is 0 Å². The summed E-state index contributed by atoms with van der Waals surface area (Å²) in [6.45, 7) is 3.14. The number of nitrogens with one attached hydrogen (secondary N) is 1. The minimum atomic E-state index is 0.176. The molecule has 118 valence electrons. The van der Waals surface area contributed by atoms with Gasteiger partial charge in [0.25, 0.3) is 0 Å². The summed E-state index contributed by atoms with van der Waals surface area (Å²) in [4.78, 5) is 12.1. The molecule has 5 heteroatoms. The van der Waals surface area contributed by atoms with E-state index in [0.29, 0.717) is 6.42 Å². The second kappa shape index (κ2) is 6.94. The fourth-order valence-electron chi connectivity index (χ4n) is 2.98. The zero-order valence-corrected chi connectivity index (χ0v) is 12.9. The number of ether oxygens (including phenoxy) is 2. The molecule has 1 N–H and O–H groups in total. The van der Waals surface area contributed by atoms with Gasteiger partial charge in [0.2, 0.25) is 0 Å². The first kappa shape index (κ1) is 15.1. The summed E-state index contributed by atoms with van der Waals surface area (Å²) in [5.74, 6) is 1.22. The van der Waals surface area contributed by atoms with Gasteiger partial charge in [-0.25, -0.2) is 5.01 Å². The van der Waals surface area contributed by atoms with Crippen LogP contribution in [-0.4, -0.2) is 44.2 Å². The van der Waals surface area contributed by atoms with E-state index < -0.39 is 0 Å². The molecule has 1 aliphatic heterocycles. The zero-order valence-electron chi connectivity index (χ0n) is 12.9. The van der Waals surface area contributed by atoms with Crippen LogP contribution in [-0.2, 0) is 9.53 Å². The molecular weight excluding hydrogens is 280 g/mol. The first-order valence-corrected chi connectivity index (χ1v) is 7.71. The molecule has 22 heavy (non-hydrogen) atoms. The van der Waals surface area contributed by atoms with E-state index >= 15 is 0 Å². The highest BCUT2D eigenvalue weighted by atomic mass is 16.5. The van der Waals surface area contributed by atoms with Gasteiger partial charge in [-0.2, -0.15) is 0 Å². The van der Waals surface area contributed by atoms with Crippen LogP contribution in [0.1, 0.15) is 24.3 Å². The molecule has 0 aromatic heterocycles. The van der Waals surface area contributed by atoms with Crippen molar-refractivity contribution in [3.8, 4) is 5.75 Å². The lowest BCUT2D eigenvalue weighted by Gasteiger charge is -2.31. The number of hydrogen-bond acceptors (Lipinski definition) is 5. The standard InChI is InChI=1S/C17H22N2O3/c1-21-17-4-2-3-13(11-17)14-9-15(12-16(20)10-14)18-19-5-7-22-8-6-19/h2-4,11-12,14,18H,5-10H2,1H3/t14-/m1/s1. The molecule has 1 aromatic rings. The number of nitrogens with zero attached hydrogens (tertiary/aromatic N) is 1. The summed E-state index contributed by atoms with van der Waals surface area (Å²) >= 11 is 0. The predicted octanol–water partition coefficient (Wildman–Crippen LogP) is 1.86. The highest BCUT2D eigenvalue weighted by molar-refractivity contribution is 5.91. The number of hydrazine groups is 1. The maximum Gasteiger partial charge on any atom is 0.158 e. The van der Waals surface area contributed by atoms with Crippen molar-refractivity contribution in [2.75, 3.05) is 33.4 Å². The van der Waals surface area contributed by atoms with Crippen LogP contribution in [0.25, 0.3) is 0 Å². The summed E-state index contributed by atoms with van der Waals surface area (Å²) in [5.41, 5.74) is 5.53. The fourth-order valence-corrected chi connectivity index (χ4v) is 2.98. The van der Waals surface area contributed by atoms with Crippen molar-refractivity contribution in [3.05, 3.63) is 41.6 Å². The molecule has 3 rings (SSSR count). The smallest absolute Gasteiger partial charge is 0.158 e. The third kappa shape index (κ3) is 3.67. The van der Waals surface area contributed by atoms with E-state index in [1.54, 1.807) is 13.2 Å². The Morgan fingerprint density at radius 2 is 2.09 bits per heavy atom. The minimum Gasteiger partial charge on any atom is -0.497 e. The van der Waals surface area contributed by atoms with Crippen molar-refractivity contribution in [2.24, 2.45) is 0 Å². The lowest BCUT2D eigenvalue weighted by molar-refractivity contribution is -0.115. The first-order chi connectivity index (χ1) is 10.7. The molecule has 1 heterocycles. The third-order valence-electron chi connectivity index (χ3n) is 4.13. The van der Waals surface area contributed by atoms with Gasteiger partial charge in [0, 0.05) is 31.3 Å². The first-order valence-electron chi connectivity index (χ1n) is 7.71. The Morgan fingerprint density at radius 1 is 1.27 bits per heavy atom. The molecule has 1 fully saturated rings. The predicted molar refractivity (Wildman–Crippen MR) is 83.6 cm³/mol. The van der Waals surface area contributed by atoms with Crippen molar-refractivity contribution in [2.45, 2.75) is 18.8 Å². The molecule has 5 nitrogen and oxygen atoms in total. The summed E-state index contributed by atoms with van der Waals surface area (Å²) in [6, 6.07) is 8.00. The van der Waals surface area contributed by atoms with Crippen molar-refractivity contribution < 1.29 is 14.3 Å². The molecule has 1 aliphatic carbocycles. The molecule has 0 spiro atoms. The average molecular weight is 302 g/mol. The number of benzene rings is 1. The van der Waals surface area contributed by atoms with Crippen LogP contribution in [0.5, 0.6) is 5.75 Å². The van der Waals surface area contributed by atoms with Gasteiger partial charge in [0.05, 0.1) is 20.3 Å². The van der Waals surface area contributed by atoms with E-state index in [9.17, 15) is 4.79 Å². The number of ketones is 1. The van der Waals surface area contributed by atoms with E-state index in [1.807, 2.05) is 18.2 Å². The van der Waals surface area contributed by atoms with Gasteiger partial charge < -0.3 is 14.9 Å². The van der Waals surface area contributed by atoms with Gasteiger partial charge in [0.1, 0.15) is 5.75 Å². The number of morpholine rings is 1. The van der Waals surface area contributed by atoms with E-state index in [2.05, 4.69) is 16.5 Å². The molecule has 0 bridgehead atoms. The maximum absolute atomic E-state index is 12.1. The minimum absolute atomic E-state index is 0.176. The topological polar surface area (TPSA) is 50.8 Å². The summed E-state index contributed by atoms with van der Waals surface area (Å²) in [6.07, 6.45) is 3.14. The van der Waals surface area contributed by atoms with Crippen molar-refractivity contribution >= 4 is 5.78 Å². The van der Waals surface area contributed by atoms with Crippen LogP contribution in [0.15, 0.2) is 36.0 Å². The van der Waals surface area contributed by atoms with Gasteiger partial charge in [-0.05, 0) is 30.0 Å². The molecule has 1 saturated heterocycles. The van der Waals surface area contributed by atoms with Crippen LogP contribution < -0.4 is 10.2 Å². The van der Waals surface area contributed by atoms with E-state index in [1.165, 1.54) is 0 Å². The lowest BCUT2D eigenvalue weighted by atomic mass is 9.85. The van der Waals surface area contributed by atoms with Gasteiger partial charge in [0.15, 0.2) is 5.78 Å². The highest BCUT2D eigenvalue weighted by Crippen LogP contribution is 2.32. The van der Waals surface area contributed by atoms with Crippen LogP contribution in [0.4, 0.5) is 0 Å². The van der Waals surface area contributed by atoms with Gasteiger partial charge in [-0.1, -0.05) is 12.1 Å². The van der Waals surface area contributed by atoms with Gasteiger partial charge >= 0.3 is 0 Å². The molecule has 0 unspecified atom stereocenters. The number of hydrogen-bond donors (Lipinski definition) is 1. The number of carbonyl (C=O) groups is 1. The van der Waals surface area contributed by atoms with Gasteiger partial charge in [-0.15, -0.1) is 0 Å². The average Bonchev–Trinajstić information content (AvgIpc) is 2.55. The second-order valence-electron chi connectivity index (χ2n) is 5.73. The summed E-state index contributed by atoms with van der Waals surface area (Å²) < 4.78 is 10.6. The Morgan fingerprint density at radius 3 is 2.86 bits per heavy atom. The molecule has 1 aromatic carbocycles. The van der Waals surface area contributed by atoms with E-state index in [0.717, 1.165) is 49.7 Å². The Balaban J connectivity index is 1.69. The molecule has 2 aliphatic rings. The molecule has 1 atom stereocenters. The second-order valence-corrected chi connectivity index (χ2v) is 5.73. The Hall–Kier alpha value is -1.85. The van der Waals surface area contributed by atoms with Gasteiger partial charge in [-0.3, -0.25) is 4.79 Å². The monoisotopic (exact) mass is 302 g/mol. The normalized spacial score (nSPS) is 23.0. The largest absolute Gasteiger partial charge is 0.497 e. The Bertz CT molecular complexity index is 565. The fraction of sp³-hybridized carbons (Fsp3) is 0.471. The lowest BCUT2D eigenvalue weighted by Crippen LogP contribution is -2.45. The Labute approximate surface area is 130 Å². The quantitative estimate of drug-likeness (QED) is 0.920. The summed E-state index contributed by atoms with van der Waals surface area (Å²) in [7, 11) is 1.66. The zero-order chi connectivity index (χ0) is 15.4. The number of methoxy groups -OCH3 is 1. The number of carbonyl (C=O) groups excluding carboxylic acids is 1. The van der Waals surface area contributed by atoms with E-state index in [-0.39, 0.29) is 11.7 Å².